The highest BCUT2D eigenvalue weighted by Gasteiger charge is 2.35. The number of aryl methyl sites for hydroxylation is 1. The number of hydrogen-bond acceptors (Lipinski definition) is 6. The number of amides is 1. The molecule has 4 N–H and O–H groups in total. The molecule has 2 aliphatic heterocycles. The number of nitrogens with zero attached hydrogens (tertiary/aromatic N) is 2. The first-order valence-electron chi connectivity index (χ1n) is 11.8. The lowest BCUT2D eigenvalue weighted by molar-refractivity contribution is 0.0938. The average molecular weight is 484 g/mol. The molecule has 1 aromatic carbocycles. The highest BCUT2D eigenvalue weighted by molar-refractivity contribution is 7.21. The fourth-order valence-electron chi connectivity index (χ4n) is 5.71. The number of nitrogens with one attached hydrogen (secondary N) is 2. The number of carbonyl (C=O) groups is 1. The van der Waals surface area contributed by atoms with E-state index in [1.165, 1.54) is 17.4 Å². The zero-order chi connectivity index (χ0) is 23.6. The minimum Gasteiger partial charge on any atom is -0.397 e. The molecule has 6 rings (SSSR count). The van der Waals surface area contributed by atoms with Gasteiger partial charge in [0.05, 0.1) is 11.4 Å². The molecule has 2 bridgehead atoms. The standard InChI is InChI=1S/C25H27F2N5OS/c1-12-2-6-17-22(28)23(34-25(17)29-12)24(33)31-13-5-7-16-18(8-13)19(26)9-20(21(16)27)32-10-14-3-4-15(11-32)30-14/h2,6,9,13-15,30H,3-5,7-8,10-11,28H2,1H3,(H,31,33)/t13-,14?,15?/m1/s1. The number of aromatic nitrogens is 1. The van der Waals surface area contributed by atoms with Gasteiger partial charge in [0, 0.05) is 48.4 Å². The SMILES string of the molecule is Cc1ccc2c(N)c(C(=O)N[C@@H]3CCc4c(F)c(N5CC6CCC(C5)N6)cc(F)c4C3)sc2n1. The number of fused-ring (bicyclic) bond motifs is 4. The van der Waals surface area contributed by atoms with E-state index in [4.69, 9.17) is 5.73 Å². The minimum atomic E-state index is -0.391. The first kappa shape index (κ1) is 21.7. The number of nitrogen functional groups attached to an aromatic ring is 1. The molecule has 4 heterocycles. The molecule has 3 aliphatic rings. The van der Waals surface area contributed by atoms with Crippen LogP contribution in [-0.2, 0) is 12.8 Å². The Hall–Kier alpha value is -2.78. The number of thiophene rings is 1. The Labute approximate surface area is 200 Å². The lowest BCUT2D eigenvalue weighted by Gasteiger charge is -2.36. The van der Waals surface area contributed by atoms with Crippen LogP contribution < -0.4 is 21.3 Å². The molecule has 1 amide bonds. The fraction of sp³-hybridized carbons (Fsp3) is 0.440. The molecule has 2 fully saturated rings. The van der Waals surface area contributed by atoms with Crippen LogP contribution in [-0.4, -0.2) is 42.1 Å². The van der Waals surface area contributed by atoms with Gasteiger partial charge in [-0.05, 0) is 62.3 Å². The highest BCUT2D eigenvalue weighted by Crippen LogP contribution is 2.36. The van der Waals surface area contributed by atoms with Crippen LogP contribution in [0.3, 0.4) is 0 Å². The summed E-state index contributed by atoms with van der Waals surface area (Å²) in [6.07, 6.45) is 3.36. The van der Waals surface area contributed by atoms with Gasteiger partial charge in [0.2, 0.25) is 0 Å². The van der Waals surface area contributed by atoms with Gasteiger partial charge < -0.3 is 21.3 Å². The minimum absolute atomic E-state index is 0.263. The Bertz CT molecular complexity index is 1300. The van der Waals surface area contributed by atoms with E-state index < -0.39 is 5.82 Å². The van der Waals surface area contributed by atoms with Crippen molar-refractivity contribution in [2.45, 2.75) is 57.2 Å². The Morgan fingerprint density at radius 1 is 1.21 bits per heavy atom. The predicted molar refractivity (Wildman–Crippen MR) is 131 cm³/mol. The van der Waals surface area contributed by atoms with E-state index in [1.807, 2.05) is 24.0 Å². The average Bonchev–Trinajstić information content (AvgIpc) is 3.33. The summed E-state index contributed by atoms with van der Waals surface area (Å²) in [5, 5.41) is 7.28. The summed E-state index contributed by atoms with van der Waals surface area (Å²) in [5.41, 5.74) is 8.68. The summed E-state index contributed by atoms with van der Waals surface area (Å²) in [6, 6.07) is 5.49. The maximum absolute atomic E-state index is 15.5. The maximum atomic E-state index is 15.5. The van der Waals surface area contributed by atoms with Gasteiger partial charge in [0.15, 0.2) is 0 Å². The lowest BCUT2D eigenvalue weighted by Crippen LogP contribution is -2.51. The van der Waals surface area contributed by atoms with Crippen molar-refractivity contribution in [1.29, 1.82) is 0 Å². The Kier molecular flexibility index (Phi) is 5.22. The summed E-state index contributed by atoms with van der Waals surface area (Å²) in [6.45, 7) is 3.30. The van der Waals surface area contributed by atoms with E-state index in [9.17, 15) is 4.79 Å². The number of rotatable bonds is 3. The molecule has 2 saturated heterocycles. The van der Waals surface area contributed by atoms with Crippen molar-refractivity contribution in [1.82, 2.24) is 15.6 Å². The van der Waals surface area contributed by atoms with E-state index in [0.29, 0.717) is 65.4 Å². The number of halogens is 2. The molecule has 0 saturated carbocycles. The topological polar surface area (TPSA) is 83.3 Å². The molecule has 2 unspecified atom stereocenters. The lowest BCUT2D eigenvalue weighted by atomic mass is 9.86. The van der Waals surface area contributed by atoms with E-state index in [2.05, 4.69) is 15.6 Å². The van der Waals surface area contributed by atoms with E-state index in [-0.39, 0.29) is 24.2 Å². The number of anilines is 2. The van der Waals surface area contributed by atoms with Crippen LogP contribution in [0.25, 0.3) is 10.2 Å². The van der Waals surface area contributed by atoms with Gasteiger partial charge in [0.1, 0.15) is 21.3 Å². The third kappa shape index (κ3) is 3.62. The molecular weight excluding hydrogens is 456 g/mol. The molecule has 0 spiro atoms. The van der Waals surface area contributed by atoms with Gasteiger partial charge in [-0.1, -0.05) is 0 Å². The molecule has 1 aliphatic carbocycles. The van der Waals surface area contributed by atoms with Crippen LogP contribution >= 0.6 is 11.3 Å². The van der Waals surface area contributed by atoms with E-state index in [1.54, 1.807) is 0 Å². The molecule has 0 radical (unpaired) electrons. The number of hydrogen-bond donors (Lipinski definition) is 3. The summed E-state index contributed by atoms with van der Waals surface area (Å²) in [7, 11) is 0. The van der Waals surface area contributed by atoms with Gasteiger partial charge in [-0.2, -0.15) is 0 Å². The second kappa shape index (κ2) is 8.16. The van der Waals surface area contributed by atoms with E-state index >= 15 is 8.78 Å². The molecule has 3 aromatic rings. The molecule has 6 nitrogen and oxygen atoms in total. The van der Waals surface area contributed by atoms with Crippen molar-refractivity contribution in [2.75, 3.05) is 23.7 Å². The first-order valence-corrected chi connectivity index (χ1v) is 12.7. The van der Waals surface area contributed by atoms with Crippen LogP contribution in [0.5, 0.6) is 0 Å². The summed E-state index contributed by atoms with van der Waals surface area (Å²) >= 11 is 1.26. The molecule has 3 atom stereocenters. The smallest absolute Gasteiger partial charge is 0.263 e. The first-order chi connectivity index (χ1) is 16.4. The highest BCUT2D eigenvalue weighted by atomic mass is 32.1. The Morgan fingerprint density at radius 3 is 2.74 bits per heavy atom. The van der Waals surface area contributed by atoms with Crippen LogP contribution in [0.2, 0.25) is 0 Å². The van der Waals surface area contributed by atoms with E-state index in [0.717, 1.165) is 28.8 Å². The molecule has 34 heavy (non-hydrogen) atoms. The number of carbonyl (C=O) groups excluding carboxylic acids is 1. The Balaban J connectivity index is 1.22. The zero-order valence-electron chi connectivity index (χ0n) is 19.0. The van der Waals surface area contributed by atoms with Crippen molar-refractivity contribution in [2.24, 2.45) is 0 Å². The van der Waals surface area contributed by atoms with Gasteiger partial charge >= 0.3 is 0 Å². The Morgan fingerprint density at radius 2 is 1.97 bits per heavy atom. The van der Waals surface area contributed by atoms with Crippen LogP contribution in [0, 0.1) is 18.6 Å². The normalized spacial score (nSPS) is 23.9. The number of pyridine rings is 1. The molecule has 2 aromatic heterocycles. The van der Waals surface area contributed by atoms with Gasteiger partial charge in [-0.3, -0.25) is 4.79 Å². The van der Waals surface area contributed by atoms with Crippen molar-refractivity contribution in [3.05, 3.63) is 51.5 Å². The third-order valence-electron chi connectivity index (χ3n) is 7.43. The summed E-state index contributed by atoms with van der Waals surface area (Å²) in [5.74, 6) is -0.990. The van der Waals surface area contributed by atoms with Crippen LogP contribution in [0.15, 0.2) is 18.2 Å². The maximum Gasteiger partial charge on any atom is 0.263 e. The second-order valence-electron chi connectivity index (χ2n) is 9.75. The van der Waals surface area contributed by atoms with Crippen molar-refractivity contribution in [3.8, 4) is 0 Å². The van der Waals surface area contributed by atoms with Crippen molar-refractivity contribution in [3.63, 3.8) is 0 Å². The summed E-state index contributed by atoms with van der Waals surface area (Å²) < 4.78 is 30.7. The van der Waals surface area contributed by atoms with Gasteiger partial charge in [-0.15, -0.1) is 11.3 Å². The third-order valence-corrected chi connectivity index (χ3v) is 8.54. The fourth-order valence-corrected chi connectivity index (χ4v) is 6.75. The predicted octanol–water partition coefficient (Wildman–Crippen LogP) is 3.69. The number of piperazine rings is 1. The summed E-state index contributed by atoms with van der Waals surface area (Å²) in [4.78, 5) is 20.6. The quantitative estimate of drug-likeness (QED) is 0.529. The monoisotopic (exact) mass is 483 g/mol. The second-order valence-corrected chi connectivity index (χ2v) is 10.8. The van der Waals surface area contributed by atoms with Crippen molar-refractivity contribution < 1.29 is 13.6 Å². The van der Waals surface area contributed by atoms with Crippen molar-refractivity contribution >= 4 is 38.8 Å². The van der Waals surface area contributed by atoms with Gasteiger partial charge in [0.25, 0.3) is 5.91 Å². The van der Waals surface area contributed by atoms with Crippen LogP contribution in [0.1, 0.15) is 45.8 Å². The molecule has 178 valence electrons. The van der Waals surface area contributed by atoms with Gasteiger partial charge in [-0.25, -0.2) is 13.8 Å². The van der Waals surface area contributed by atoms with Crippen LogP contribution in [0.4, 0.5) is 20.2 Å². The largest absolute Gasteiger partial charge is 0.397 e. The molecular formula is C25H27F2N5OS. The molecule has 9 heteroatoms. The zero-order valence-corrected chi connectivity index (χ0v) is 19.8. The number of nitrogens with two attached hydrogens (primary N) is 1. The number of benzene rings is 1.